The first-order chi connectivity index (χ1) is 13.9. The summed E-state index contributed by atoms with van der Waals surface area (Å²) in [6.45, 7) is 5.64. The Morgan fingerprint density at radius 3 is 2.31 bits per heavy atom. The van der Waals surface area contributed by atoms with Gasteiger partial charge in [0.15, 0.2) is 5.82 Å². The molecule has 1 atom stereocenters. The third kappa shape index (κ3) is 5.03. The molecule has 0 aliphatic rings. The number of benzene rings is 2. The highest BCUT2D eigenvalue weighted by Crippen LogP contribution is 2.24. The number of nitrogens with one attached hydrogen (secondary N) is 2. The van der Waals surface area contributed by atoms with Crippen LogP contribution in [0.4, 0.5) is 11.5 Å². The molecule has 1 aromatic heterocycles. The van der Waals surface area contributed by atoms with Crippen LogP contribution in [0.3, 0.4) is 0 Å². The van der Waals surface area contributed by atoms with Gasteiger partial charge in [-0.3, -0.25) is 4.79 Å². The molecule has 3 rings (SSSR count). The van der Waals surface area contributed by atoms with E-state index in [0.29, 0.717) is 22.4 Å². The molecular weight excluding hydrogens is 388 g/mol. The zero-order valence-electron chi connectivity index (χ0n) is 16.8. The summed E-state index contributed by atoms with van der Waals surface area (Å²) in [6.07, 6.45) is 0. The monoisotopic (exact) mass is 410 g/mol. The van der Waals surface area contributed by atoms with Crippen LogP contribution in [-0.2, 0) is 4.79 Å². The van der Waals surface area contributed by atoms with Crippen LogP contribution in [-0.4, -0.2) is 29.0 Å². The summed E-state index contributed by atoms with van der Waals surface area (Å²) in [7, 11) is 1.60. The molecule has 3 aromatic rings. The van der Waals surface area contributed by atoms with E-state index in [-0.39, 0.29) is 5.91 Å². The Hall–Kier alpha value is -3.12. The Morgan fingerprint density at radius 2 is 1.69 bits per heavy atom. The summed E-state index contributed by atoms with van der Waals surface area (Å²) in [5, 5.41) is 6.74. The highest BCUT2D eigenvalue weighted by atomic mass is 35.5. The Morgan fingerprint density at radius 1 is 1.03 bits per heavy atom. The molecule has 7 heteroatoms. The normalized spacial score (nSPS) is 11.6. The summed E-state index contributed by atoms with van der Waals surface area (Å²) >= 11 is 5.97. The minimum atomic E-state index is -0.497. The number of rotatable bonds is 6. The Kier molecular flexibility index (Phi) is 6.34. The number of halogens is 1. The van der Waals surface area contributed by atoms with Crippen LogP contribution in [0.1, 0.15) is 18.2 Å². The van der Waals surface area contributed by atoms with Crippen molar-refractivity contribution in [1.29, 1.82) is 0 Å². The fourth-order valence-electron chi connectivity index (χ4n) is 2.69. The van der Waals surface area contributed by atoms with E-state index in [1.54, 1.807) is 50.4 Å². The van der Waals surface area contributed by atoms with Gasteiger partial charge >= 0.3 is 0 Å². The number of nitrogens with zero attached hydrogens (tertiary/aromatic N) is 2. The summed E-state index contributed by atoms with van der Waals surface area (Å²) in [5.41, 5.74) is 3.29. The second kappa shape index (κ2) is 8.92. The molecule has 2 aromatic carbocycles. The van der Waals surface area contributed by atoms with Gasteiger partial charge in [-0.25, -0.2) is 9.97 Å². The van der Waals surface area contributed by atoms with Gasteiger partial charge in [0.25, 0.3) is 0 Å². The maximum absolute atomic E-state index is 12.6. The van der Waals surface area contributed by atoms with Crippen LogP contribution in [0.5, 0.6) is 5.75 Å². The number of methoxy groups -OCH3 is 1. The number of ether oxygens (including phenoxy) is 1. The third-order valence-corrected chi connectivity index (χ3v) is 4.85. The zero-order valence-corrected chi connectivity index (χ0v) is 17.5. The van der Waals surface area contributed by atoms with Crippen molar-refractivity contribution in [1.82, 2.24) is 9.97 Å². The van der Waals surface area contributed by atoms with Gasteiger partial charge < -0.3 is 15.4 Å². The summed E-state index contributed by atoms with van der Waals surface area (Å²) in [6, 6.07) is 14.0. The number of hydrogen-bond acceptors (Lipinski definition) is 5. The molecule has 0 bridgehead atoms. The smallest absolute Gasteiger partial charge is 0.246 e. The Bertz CT molecular complexity index is 1000. The molecule has 0 aliphatic heterocycles. The van der Waals surface area contributed by atoms with E-state index < -0.39 is 6.04 Å². The fraction of sp³-hybridized carbons (Fsp3) is 0.227. The third-order valence-electron chi connectivity index (χ3n) is 4.60. The van der Waals surface area contributed by atoms with Crippen molar-refractivity contribution >= 4 is 29.0 Å². The SMILES string of the molecule is COc1ccc(NC(=O)C(C)Nc2nc(-c3ccc(Cl)cc3)nc(C)c2C)cc1. The molecule has 0 radical (unpaired) electrons. The van der Waals surface area contributed by atoms with Crippen molar-refractivity contribution in [3.8, 4) is 17.1 Å². The molecule has 6 nitrogen and oxygen atoms in total. The highest BCUT2D eigenvalue weighted by molar-refractivity contribution is 6.30. The highest BCUT2D eigenvalue weighted by Gasteiger charge is 2.17. The molecule has 29 heavy (non-hydrogen) atoms. The number of carbonyl (C=O) groups excluding carboxylic acids is 1. The summed E-state index contributed by atoms with van der Waals surface area (Å²) < 4.78 is 5.13. The van der Waals surface area contributed by atoms with Crippen molar-refractivity contribution in [2.24, 2.45) is 0 Å². The van der Waals surface area contributed by atoms with Crippen LogP contribution in [0.2, 0.25) is 5.02 Å². The number of hydrogen-bond donors (Lipinski definition) is 2. The lowest BCUT2D eigenvalue weighted by atomic mass is 10.1. The molecule has 0 saturated carbocycles. The lowest BCUT2D eigenvalue weighted by Crippen LogP contribution is -2.32. The molecule has 0 fully saturated rings. The fourth-order valence-corrected chi connectivity index (χ4v) is 2.82. The van der Waals surface area contributed by atoms with Crippen molar-refractivity contribution in [2.45, 2.75) is 26.8 Å². The van der Waals surface area contributed by atoms with Gasteiger partial charge in [0, 0.05) is 27.5 Å². The first-order valence-electron chi connectivity index (χ1n) is 9.20. The lowest BCUT2D eigenvalue weighted by Gasteiger charge is -2.18. The molecular formula is C22H23ClN4O2. The zero-order chi connectivity index (χ0) is 21.0. The maximum Gasteiger partial charge on any atom is 0.246 e. The molecule has 150 valence electrons. The number of aryl methyl sites for hydroxylation is 1. The average Bonchev–Trinajstić information content (AvgIpc) is 2.72. The minimum Gasteiger partial charge on any atom is -0.497 e. The molecule has 0 spiro atoms. The van der Waals surface area contributed by atoms with E-state index in [2.05, 4.69) is 20.6 Å². The van der Waals surface area contributed by atoms with Crippen LogP contribution in [0.15, 0.2) is 48.5 Å². The number of carbonyl (C=O) groups is 1. The van der Waals surface area contributed by atoms with Gasteiger partial charge in [-0.05, 0) is 69.3 Å². The Balaban J connectivity index is 1.77. The van der Waals surface area contributed by atoms with Crippen molar-refractivity contribution in [3.05, 3.63) is 64.8 Å². The van der Waals surface area contributed by atoms with E-state index in [1.807, 2.05) is 26.0 Å². The van der Waals surface area contributed by atoms with Crippen LogP contribution in [0.25, 0.3) is 11.4 Å². The molecule has 0 saturated heterocycles. The first kappa shape index (κ1) is 20.6. The molecule has 1 amide bonds. The standard InChI is InChI=1S/C22H23ClN4O2/c1-13-14(2)24-21(16-5-7-17(23)8-6-16)27-20(13)25-15(3)22(28)26-18-9-11-19(29-4)12-10-18/h5-12,15H,1-4H3,(H,26,28)(H,24,25,27). The molecule has 1 unspecified atom stereocenters. The largest absolute Gasteiger partial charge is 0.497 e. The van der Waals surface area contributed by atoms with Crippen molar-refractivity contribution < 1.29 is 9.53 Å². The minimum absolute atomic E-state index is 0.168. The van der Waals surface area contributed by atoms with Gasteiger partial charge in [-0.2, -0.15) is 0 Å². The maximum atomic E-state index is 12.6. The van der Waals surface area contributed by atoms with E-state index in [0.717, 1.165) is 22.6 Å². The van der Waals surface area contributed by atoms with Gasteiger partial charge in [0.2, 0.25) is 5.91 Å². The van der Waals surface area contributed by atoms with E-state index in [4.69, 9.17) is 16.3 Å². The summed E-state index contributed by atoms with van der Waals surface area (Å²) in [5.74, 6) is 1.77. The predicted molar refractivity (Wildman–Crippen MR) is 117 cm³/mol. The van der Waals surface area contributed by atoms with Gasteiger partial charge in [-0.15, -0.1) is 0 Å². The summed E-state index contributed by atoms with van der Waals surface area (Å²) in [4.78, 5) is 21.8. The number of amides is 1. The molecule has 1 heterocycles. The van der Waals surface area contributed by atoms with Gasteiger partial charge in [0.1, 0.15) is 17.6 Å². The average molecular weight is 411 g/mol. The van der Waals surface area contributed by atoms with Crippen LogP contribution >= 0.6 is 11.6 Å². The second-order valence-electron chi connectivity index (χ2n) is 6.70. The van der Waals surface area contributed by atoms with Crippen molar-refractivity contribution in [3.63, 3.8) is 0 Å². The predicted octanol–water partition coefficient (Wildman–Crippen LogP) is 4.86. The quantitative estimate of drug-likeness (QED) is 0.606. The lowest BCUT2D eigenvalue weighted by molar-refractivity contribution is -0.116. The van der Waals surface area contributed by atoms with E-state index in [9.17, 15) is 4.79 Å². The van der Waals surface area contributed by atoms with Gasteiger partial charge in [-0.1, -0.05) is 11.6 Å². The number of anilines is 2. The van der Waals surface area contributed by atoms with Crippen molar-refractivity contribution in [2.75, 3.05) is 17.7 Å². The van der Waals surface area contributed by atoms with Gasteiger partial charge in [0.05, 0.1) is 7.11 Å². The molecule has 2 N–H and O–H groups in total. The van der Waals surface area contributed by atoms with Crippen LogP contribution in [0, 0.1) is 13.8 Å². The second-order valence-corrected chi connectivity index (χ2v) is 7.13. The topological polar surface area (TPSA) is 76.1 Å². The van der Waals surface area contributed by atoms with E-state index >= 15 is 0 Å². The molecule has 0 aliphatic carbocycles. The van der Waals surface area contributed by atoms with Crippen LogP contribution < -0.4 is 15.4 Å². The Labute approximate surface area is 175 Å². The first-order valence-corrected chi connectivity index (χ1v) is 9.58. The van der Waals surface area contributed by atoms with E-state index in [1.165, 1.54) is 0 Å². The number of aromatic nitrogens is 2.